The van der Waals surface area contributed by atoms with Gasteiger partial charge in [0.25, 0.3) is 0 Å². The van der Waals surface area contributed by atoms with Gasteiger partial charge >= 0.3 is 12.0 Å². The maximum absolute atomic E-state index is 12.3. The summed E-state index contributed by atoms with van der Waals surface area (Å²) in [5.41, 5.74) is 0. The van der Waals surface area contributed by atoms with Gasteiger partial charge < -0.3 is 15.3 Å². The summed E-state index contributed by atoms with van der Waals surface area (Å²) in [6.07, 6.45) is 5.28. The summed E-state index contributed by atoms with van der Waals surface area (Å²) < 4.78 is 0. The number of hydrogen-bond donors (Lipinski definition) is 2. The fraction of sp³-hybridized carbons (Fsp3) is 0.867. The number of carboxylic acid groups (broad SMARTS) is 1. The fourth-order valence-electron chi connectivity index (χ4n) is 3.07. The molecular weight excluding hydrogens is 256 g/mol. The van der Waals surface area contributed by atoms with Crippen molar-refractivity contribution in [3.05, 3.63) is 0 Å². The normalized spacial score (nSPS) is 22.6. The second-order valence-electron chi connectivity index (χ2n) is 6.06. The lowest BCUT2D eigenvalue weighted by molar-refractivity contribution is -0.137. The van der Waals surface area contributed by atoms with Gasteiger partial charge in [-0.25, -0.2) is 4.79 Å². The summed E-state index contributed by atoms with van der Waals surface area (Å²) in [7, 11) is 0. The van der Waals surface area contributed by atoms with Crippen molar-refractivity contribution in [2.45, 2.75) is 58.9 Å². The summed E-state index contributed by atoms with van der Waals surface area (Å²) in [6.45, 7) is 6.59. The molecule has 1 rings (SSSR count). The van der Waals surface area contributed by atoms with Crippen LogP contribution in [0.15, 0.2) is 0 Å². The van der Waals surface area contributed by atoms with Gasteiger partial charge in [0.05, 0.1) is 0 Å². The van der Waals surface area contributed by atoms with Crippen LogP contribution in [0.3, 0.4) is 0 Å². The van der Waals surface area contributed by atoms with Crippen molar-refractivity contribution in [3.63, 3.8) is 0 Å². The van der Waals surface area contributed by atoms with Crippen LogP contribution < -0.4 is 5.32 Å². The van der Waals surface area contributed by atoms with Gasteiger partial charge in [0.1, 0.15) is 6.54 Å². The van der Waals surface area contributed by atoms with Crippen LogP contribution in [0.1, 0.15) is 52.9 Å². The topological polar surface area (TPSA) is 69.6 Å². The van der Waals surface area contributed by atoms with Gasteiger partial charge in [-0.2, -0.15) is 0 Å². The monoisotopic (exact) mass is 284 g/mol. The van der Waals surface area contributed by atoms with E-state index in [0.29, 0.717) is 18.4 Å². The number of amides is 2. The second kappa shape index (κ2) is 8.12. The Labute approximate surface area is 121 Å². The first-order chi connectivity index (χ1) is 9.45. The standard InChI is InChI=1S/C15H28N2O3/c1-4-9-17(10-14(18)19)15(20)16-13-8-6-5-7-12(13)11(2)3/h11-13H,4-10H2,1-3H3,(H,16,20)(H,18,19). The molecule has 1 aliphatic carbocycles. The van der Waals surface area contributed by atoms with E-state index in [0.717, 1.165) is 25.7 Å². The quantitative estimate of drug-likeness (QED) is 0.788. The van der Waals surface area contributed by atoms with Gasteiger partial charge in [-0.15, -0.1) is 0 Å². The highest BCUT2D eigenvalue weighted by atomic mass is 16.4. The number of urea groups is 1. The van der Waals surface area contributed by atoms with E-state index in [2.05, 4.69) is 19.2 Å². The Morgan fingerprint density at radius 3 is 2.50 bits per heavy atom. The Morgan fingerprint density at radius 1 is 1.30 bits per heavy atom. The molecule has 2 unspecified atom stereocenters. The van der Waals surface area contributed by atoms with Gasteiger partial charge in [-0.3, -0.25) is 4.79 Å². The summed E-state index contributed by atoms with van der Waals surface area (Å²) >= 11 is 0. The molecule has 1 fully saturated rings. The number of aliphatic carboxylic acids is 1. The predicted octanol–water partition coefficient (Wildman–Crippen LogP) is 2.71. The fourth-order valence-corrected chi connectivity index (χ4v) is 3.07. The van der Waals surface area contributed by atoms with Gasteiger partial charge in [0, 0.05) is 12.6 Å². The van der Waals surface area contributed by atoms with Crippen LogP contribution in [0.4, 0.5) is 4.79 Å². The minimum Gasteiger partial charge on any atom is -0.480 e. The van der Waals surface area contributed by atoms with Crippen LogP contribution >= 0.6 is 0 Å². The van der Waals surface area contributed by atoms with E-state index >= 15 is 0 Å². The second-order valence-corrected chi connectivity index (χ2v) is 6.06. The number of nitrogens with zero attached hydrogens (tertiary/aromatic N) is 1. The molecule has 2 amide bonds. The lowest BCUT2D eigenvalue weighted by Gasteiger charge is -2.36. The van der Waals surface area contributed by atoms with E-state index in [9.17, 15) is 9.59 Å². The SMILES string of the molecule is CCCN(CC(=O)O)C(=O)NC1CCCCC1C(C)C. The minimum absolute atomic E-state index is 0.185. The van der Waals surface area contributed by atoms with E-state index in [-0.39, 0.29) is 18.6 Å². The van der Waals surface area contributed by atoms with Gasteiger partial charge in [-0.1, -0.05) is 33.6 Å². The average Bonchev–Trinajstić information content (AvgIpc) is 2.38. The van der Waals surface area contributed by atoms with Crippen molar-refractivity contribution in [2.24, 2.45) is 11.8 Å². The van der Waals surface area contributed by atoms with Crippen molar-refractivity contribution in [2.75, 3.05) is 13.1 Å². The van der Waals surface area contributed by atoms with Crippen LogP contribution in [0, 0.1) is 11.8 Å². The van der Waals surface area contributed by atoms with Crippen LogP contribution in [-0.4, -0.2) is 41.1 Å². The number of carboxylic acids is 1. The van der Waals surface area contributed by atoms with E-state index in [1.165, 1.54) is 11.3 Å². The molecule has 1 aliphatic rings. The highest BCUT2D eigenvalue weighted by Crippen LogP contribution is 2.30. The highest BCUT2D eigenvalue weighted by Gasteiger charge is 2.30. The maximum Gasteiger partial charge on any atom is 0.323 e. The molecule has 0 aliphatic heterocycles. The molecule has 0 aromatic carbocycles. The first-order valence-corrected chi connectivity index (χ1v) is 7.73. The van der Waals surface area contributed by atoms with Crippen molar-refractivity contribution < 1.29 is 14.7 Å². The zero-order valence-electron chi connectivity index (χ0n) is 12.9. The van der Waals surface area contributed by atoms with Crippen molar-refractivity contribution in [1.82, 2.24) is 10.2 Å². The Balaban J connectivity index is 2.62. The molecule has 2 N–H and O–H groups in total. The lowest BCUT2D eigenvalue weighted by Crippen LogP contribution is -2.50. The average molecular weight is 284 g/mol. The van der Waals surface area contributed by atoms with Gasteiger partial charge in [-0.05, 0) is 31.1 Å². The van der Waals surface area contributed by atoms with E-state index in [1.807, 2.05) is 6.92 Å². The Morgan fingerprint density at radius 2 is 1.95 bits per heavy atom. The molecule has 0 heterocycles. The first-order valence-electron chi connectivity index (χ1n) is 7.73. The predicted molar refractivity (Wildman–Crippen MR) is 78.6 cm³/mol. The number of carbonyl (C=O) groups excluding carboxylic acids is 1. The molecule has 5 nitrogen and oxygen atoms in total. The number of hydrogen-bond acceptors (Lipinski definition) is 2. The Kier molecular flexibility index (Phi) is 6.82. The molecule has 2 atom stereocenters. The van der Waals surface area contributed by atoms with Crippen molar-refractivity contribution >= 4 is 12.0 Å². The van der Waals surface area contributed by atoms with Gasteiger partial charge in [0.2, 0.25) is 0 Å². The molecule has 0 aromatic heterocycles. The highest BCUT2D eigenvalue weighted by molar-refractivity contribution is 5.80. The third-order valence-corrected chi connectivity index (χ3v) is 4.09. The van der Waals surface area contributed by atoms with E-state index in [4.69, 9.17) is 5.11 Å². The number of nitrogens with one attached hydrogen (secondary N) is 1. The van der Waals surface area contributed by atoms with Crippen LogP contribution in [0.5, 0.6) is 0 Å². The van der Waals surface area contributed by atoms with Crippen molar-refractivity contribution in [3.8, 4) is 0 Å². The summed E-state index contributed by atoms with van der Waals surface area (Å²) in [5.74, 6) is 0.0818. The van der Waals surface area contributed by atoms with Crippen LogP contribution in [0.25, 0.3) is 0 Å². The molecule has 0 saturated heterocycles. The number of rotatable bonds is 6. The van der Waals surface area contributed by atoms with E-state index in [1.54, 1.807) is 0 Å². The molecule has 5 heteroatoms. The summed E-state index contributed by atoms with van der Waals surface area (Å²) in [6, 6.07) is -0.0452. The molecular formula is C15H28N2O3. The molecule has 20 heavy (non-hydrogen) atoms. The first kappa shape index (κ1) is 16.8. The largest absolute Gasteiger partial charge is 0.480 e. The molecule has 0 radical (unpaired) electrons. The molecule has 1 saturated carbocycles. The molecule has 0 spiro atoms. The molecule has 0 aromatic rings. The van der Waals surface area contributed by atoms with Crippen molar-refractivity contribution in [1.29, 1.82) is 0 Å². The van der Waals surface area contributed by atoms with E-state index < -0.39 is 5.97 Å². The maximum atomic E-state index is 12.3. The number of carbonyl (C=O) groups is 2. The van der Waals surface area contributed by atoms with Crippen LogP contribution in [-0.2, 0) is 4.79 Å². The lowest BCUT2D eigenvalue weighted by atomic mass is 9.78. The third-order valence-electron chi connectivity index (χ3n) is 4.09. The zero-order chi connectivity index (χ0) is 15.1. The van der Waals surface area contributed by atoms with Gasteiger partial charge in [0.15, 0.2) is 0 Å². The molecule has 116 valence electrons. The Bertz CT molecular complexity index is 331. The zero-order valence-corrected chi connectivity index (χ0v) is 12.9. The Hall–Kier alpha value is -1.26. The summed E-state index contributed by atoms with van der Waals surface area (Å²) in [4.78, 5) is 24.5. The molecule has 0 bridgehead atoms. The van der Waals surface area contributed by atoms with Crippen LogP contribution in [0.2, 0.25) is 0 Å². The third kappa shape index (κ3) is 5.02. The summed E-state index contributed by atoms with van der Waals surface area (Å²) in [5, 5.41) is 11.9. The minimum atomic E-state index is -0.961. The smallest absolute Gasteiger partial charge is 0.323 e.